The van der Waals surface area contributed by atoms with Gasteiger partial charge in [0.25, 0.3) is 0 Å². The molecule has 0 heterocycles. The van der Waals surface area contributed by atoms with Gasteiger partial charge in [-0.15, -0.1) is 0 Å². The van der Waals surface area contributed by atoms with Crippen LogP contribution in [0.4, 0.5) is 0 Å². The number of methoxy groups -OCH3 is 1. The molecule has 0 aromatic carbocycles. The number of hydrogen-bond acceptors (Lipinski definition) is 3. The average molecular weight is 227 g/mol. The molecular formula is C12H21NO3. The zero-order valence-electron chi connectivity index (χ0n) is 9.82. The van der Waals surface area contributed by atoms with E-state index in [-0.39, 0.29) is 6.61 Å². The highest BCUT2D eigenvalue weighted by Crippen LogP contribution is 2.47. The third kappa shape index (κ3) is 2.55. The number of carbonyl (C=O) groups is 1. The predicted octanol–water partition coefficient (Wildman–Crippen LogP) is 1.11. The normalized spacial score (nSPS) is 34.2. The van der Waals surface area contributed by atoms with Crippen LogP contribution in [0.15, 0.2) is 0 Å². The molecule has 2 bridgehead atoms. The van der Waals surface area contributed by atoms with Crippen LogP contribution in [-0.2, 0) is 9.53 Å². The van der Waals surface area contributed by atoms with Gasteiger partial charge in [-0.2, -0.15) is 0 Å². The Hall–Kier alpha value is -0.610. The van der Waals surface area contributed by atoms with Crippen LogP contribution in [0.3, 0.4) is 0 Å². The Morgan fingerprint density at radius 2 is 2.31 bits per heavy atom. The monoisotopic (exact) mass is 227 g/mol. The molecule has 4 unspecified atom stereocenters. The van der Waals surface area contributed by atoms with E-state index in [0.29, 0.717) is 5.92 Å². The summed E-state index contributed by atoms with van der Waals surface area (Å²) in [5.41, 5.74) is 0. The molecule has 2 aliphatic rings. The predicted molar refractivity (Wildman–Crippen MR) is 60.2 cm³/mol. The lowest BCUT2D eigenvalue weighted by atomic mass is 9.89. The molecule has 0 radical (unpaired) electrons. The van der Waals surface area contributed by atoms with Crippen molar-refractivity contribution in [2.45, 2.75) is 31.7 Å². The topological polar surface area (TPSA) is 58.6 Å². The van der Waals surface area contributed by atoms with E-state index in [1.165, 1.54) is 32.8 Å². The van der Waals surface area contributed by atoms with Gasteiger partial charge in [0.15, 0.2) is 0 Å². The molecule has 2 saturated carbocycles. The Labute approximate surface area is 96.4 Å². The Bertz CT molecular complexity index is 257. The molecule has 2 aliphatic carbocycles. The average Bonchev–Trinajstić information content (AvgIpc) is 2.85. The molecule has 0 aromatic heterocycles. The van der Waals surface area contributed by atoms with Crippen LogP contribution in [0, 0.1) is 17.8 Å². The molecule has 2 fully saturated rings. The Morgan fingerprint density at radius 3 is 2.81 bits per heavy atom. The molecular weight excluding hydrogens is 206 g/mol. The zero-order valence-corrected chi connectivity index (χ0v) is 9.82. The smallest absolute Gasteiger partial charge is 0.323 e. The molecule has 0 saturated heterocycles. The van der Waals surface area contributed by atoms with Crippen molar-refractivity contribution in [2.24, 2.45) is 17.8 Å². The summed E-state index contributed by atoms with van der Waals surface area (Å²) in [7, 11) is 1.54. The van der Waals surface area contributed by atoms with Crippen molar-refractivity contribution in [1.29, 1.82) is 0 Å². The lowest BCUT2D eigenvalue weighted by molar-refractivity contribution is -0.140. The first kappa shape index (κ1) is 11.9. The Kier molecular flexibility index (Phi) is 3.82. The van der Waals surface area contributed by atoms with Gasteiger partial charge in [-0.1, -0.05) is 6.42 Å². The number of ether oxygens (including phenoxy) is 1. The molecule has 4 heteroatoms. The fourth-order valence-electron chi connectivity index (χ4n) is 3.30. The quantitative estimate of drug-likeness (QED) is 0.713. The number of nitrogens with one attached hydrogen (secondary N) is 1. The molecule has 16 heavy (non-hydrogen) atoms. The second-order valence-electron chi connectivity index (χ2n) is 5.19. The number of aliphatic carboxylic acids is 1. The fraction of sp³-hybridized carbons (Fsp3) is 0.917. The van der Waals surface area contributed by atoms with Crippen LogP contribution < -0.4 is 5.32 Å². The molecule has 4 nitrogen and oxygen atoms in total. The minimum absolute atomic E-state index is 0.246. The van der Waals surface area contributed by atoms with Crippen molar-refractivity contribution < 1.29 is 14.6 Å². The number of rotatable bonds is 6. The molecule has 0 amide bonds. The molecule has 0 aliphatic heterocycles. The van der Waals surface area contributed by atoms with E-state index in [1.807, 2.05) is 0 Å². The van der Waals surface area contributed by atoms with E-state index in [9.17, 15) is 4.79 Å². The standard InChI is InChI=1S/C12H21NO3/c1-16-7-11(12(14)15)13-6-10-5-8-2-3-9(10)4-8/h8-11,13H,2-7H2,1H3,(H,14,15). The van der Waals surface area contributed by atoms with Crippen molar-refractivity contribution in [3.05, 3.63) is 0 Å². The van der Waals surface area contributed by atoms with Crippen LogP contribution in [0.2, 0.25) is 0 Å². The van der Waals surface area contributed by atoms with Crippen LogP contribution >= 0.6 is 0 Å². The van der Waals surface area contributed by atoms with Crippen LogP contribution in [-0.4, -0.2) is 37.4 Å². The van der Waals surface area contributed by atoms with E-state index < -0.39 is 12.0 Å². The van der Waals surface area contributed by atoms with Crippen molar-refractivity contribution in [2.75, 3.05) is 20.3 Å². The number of fused-ring (bicyclic) bond motifs is 2. The molecule has 2 N–H and O–H groups in total. The maximum Gasteiger partial charge on any atom is 0.323 e. The summed E-state index contributed by atoms with van der Waals surface area (Å²) < 4.78 is 4.90. The lowest BCUT2D eigenvalue weighted by Gasteiger charge is -2.23. The van der Waals surface area contributed by atoms with Gasteiger partial charge in [0, 0.05) is 7.11 Å². The van der Waals surface area contributed by atoms with Crippen LogP contribution in [0.25, 0.3) is 0 Å². The van der Waals surface area contributed by atoms with Crippen LogP contribution in [0.1, 0.15) is 25.7 Å². The minimum Gasteiger partial charge on any atom is -0.480 e. The van der Waals surface area contributed by atoms with Gasteiger partial charge in [0.05, 0.1) is 6.61 Å². The maximum atomic E-state index is 10.9. The fourth-order valence-corrected chi connectivity index (χ4v) is 3.30. The van der Waals surface area contributed by atoms with E-state index in [1.54, 1.807) is 0 Å². The minimum atomic E-state index is -0.815. The van der Waals surface area contributed by atoms with E-state index >= 15 is 0 Å². The van der Waals surface area contributed by atoms with Crippen molar-refractivity contribution >= 4 is 5.97 Å². The summed E-state index contributed by atoms with van der Waals surface area (Å²) in [6.45, 7) is 1.08. The van der Waals surface area contributed by atoms with Gasteiger partial charge >= 0.3 is 5.97 Å². The highest BCUT2D eigenvalue weighted by Gasteiger charge is 2.39. The van der Waals surface area contributed by atoms with Crippen molar-refractivity contribution in [3.63, 3.8) is 0 Å². The Balaban J connectivity index is 1.75. The second-order valence-corrected chi connectivity index (χ2v) is 5.19. The Morgan fingerprint density at radius 1 is 1.50 bits per heavy atom. The van der Waals surface area contributed by atoms with E-state index in [0.717, 1.165) is 18.4 Å². The zero-order chi connectivity index (χ0) is 11.5. The second kappa shape index (κ2) is 5.15. The third-order valence-corrected chi connectivity index (χ3v) is 4.14. The first-order valence-electron chi connectivity index (χ1n) is 6.15. The number of carboxylic acids is 1. The van der Waals surface area contributed by atoms with E-state index in [4.69, 9.17) is 9.84 Å². The van der Waals surface area contributed by atoms with Crippen molar-refractivity contribution in [3.8, 4) is 0 Å². The summed E-state index contributed by atoms with van der Waals surface area (Å²) in [5.74, 6) is 1.64. The van der Waals surface area contributed by atoms with Gasteiger partial charge in [-0.25, -0.2) is 0 Å². The van der Waals surface area contributed by atoms with Gasteiger partial charge in [-0.05, 0) is 43.6 Å². The molecule has 92 valence electrons. The molecule has 0 spiro atoms. The van der Waals surface area contributed by atoms with Gasteiger partial charge in [-0.3, -0.25) is 4.79 Å². The summed E-state index contributed by atoms with van der Waals surface area (Å²) >= 11 is 0. The highest BCUT2D eigenvalue weighted by molar-refractivity contribution is 5.73. The first-order chi connectivity index (χ1) is 7.70. The van der Waals surface area contributed by atoms with Crippen molar-refractivity contribution in [1.82, 2.24) is 5.32 Å². The summed E-state index contributed by atoms with van der Waals surface area (Å²) in [6.07, 6.45) is 5.39. The lowest BCUT2D eigenvalue weighted by Crippen LogP contribution is -2.43. The summed E-state index contributed by atoms with van der Waals surface area (Å²) in [5, 5.41) is 12.1. The van der Waals surface area contributed by atoms with E-state index in [2.05, 4.69) is 5.32 Å². The third-order valence-electron chi connectivity index (χ3n) is 4.14. The number of hydrogen-bond donors (Lipinski definition) is 2. The summed E-state index contributed by atoms with van der Waals surface area (Å²) in [4.78, 5) is 10.9. The van der Waals surface area contributed by atoms with Gasteiger partial charge in [0.1, 0.15) is 6.04 Å². The largest absolute Gasteiger partial charge is 0.480 e. The van der Waals surface area contributed by atoms with Gasteiger partial charge < -0.3 is 15.2 Å². The molecule has 4 atom stereocenters. The summed E-state index contributed by atoms with van der Waals surface area (Å²) in [6, 6.07) is -0.552. The van der Waals surface area contributed by atoms with Crippen LogP contribution in [0.5, 0.6) is 0 Å². The molecule has 0 aromatic rings. The molecule has 2 rings (SSSR count). The first-order valence-corrected chi connectivity index (χ1v) is 6.15. The maximum absolute atomic E-state index is 10.9. The SMILES string of the molecule is COCC(NCC1CC2CCC1C2)C(=O)O. The highest BCUT2D eigenvalue weighted by atomic mass is 16.5. The van der Waals surface area contributed by atoms with Gasteiger partial charge in [0.2, 0.25) is 0 Å². The number of carboxylic acid groups (broad SMARTS) is 1.